The van der Waals surface area contributed by atoms with Gasteiger partial charge >= 0.3 is 11.9 Å². The van der Waals surface area contributed by atoms with Crippen molar-refractivity contribution in [2.24, 2.45) is 0 Å². The molecule has 0 saturated carbocycles. The Morgan fingerprint density at radius 1 is 1.04 bits per heavy atom. The van der Waals surface area contributed by atoms with Crippen molar-refractivity contribution in [3.05, 3.63) is 71.8 Å². The van der Waals surface area contributed by atoms with E-state index in [4.69, 9.17) is 9.47 Å². The zero-order valence-corrected chi connectivity index (χ0v) is 13.8. The van der Waals surface area contributed by atoms with Crippen LogP contribution in [0, 0.1) is 0 Å². The summed E-state index contributed by atoms with van der Waals surface area (Å²) in [5, 5.41) is 0. The van der Waals surface area contributed by atoms with E-state index < -0.39 is 11.0 Å². The number of benzene rings is 2. The second-order valence-electron chi connectivity index (χ2n) is 6.43. The van der Waals surface area contributed by atoms with E-state index in [0.29, 0.717) is 6.42 Å². The molecule has 0 aliphatic carbocycles. The molecule has 1 heterocycles. The van der Waals surface area contributed by atoms with Gasteiger partial charge in [-0.15, -0.1) is 0 Å². The van der Waals surface area contributed by atoms with Crippen LogP contribution in [0.1, 0.15) is 31.4 Å². The summed E-state index contributed by atoms with van der Waals surface area (Å²) in [6, 6.07) is 19.2. The van der Waals surface area contributed by atoms with E-state index in [2.05, 4.69) is 0 Å². The van der Waals surface area contributed by atoms with Crippen LogP contribution >= 0.6 is 0 Å². The van der Waals surface area contributed by atoms with E-state index in [1.165, 1.54) is 6.92 Å². The van der Waals surface area contributed by atoms with Gasteiger partial charge in [0.25, 0.3) is 0 Å². The minimum atomic E-state index is -0.891. The van der Waals surface area contributed by atoms with Crippen LogP contribution in [0.25, 0.3) is 0 Å². The summed E-state index contributed by atoms with van der Waals surface area (Å²) >= 11 is 0. The second kappa shape index (κ2) is 6.11. The largest absolute Gasteiger partial charge is 0.462 e. The molecular formula is C20H20O4. The lowest BCUT2D eigenvalue weighted by Crippen LogP contribution is -2.35. The number of hydrogen-bond donors (Lipinski definition) is 0. The highest BCUT2D eigenvalue weighted by Gasteiger charge is 2.57. The quantitative estimate of drug-likeness (QED) is 0.810. The molecule has 0 N–H and O–H groups in total. The standard InChI is InChI=1S/C20H20O4/c1-15(21)23-14-19(2)13-20(18(22)24-19,16-9-5-3-6-10-16)17-11-7-4-8-12-17/h3-12H,13-14H2,1-2H3. The Morgan fingerprint density at radius 2 is 1.54 bits per heavy atom. The molecule has 0 spiro atoms. The third-order valence-electron chi connectivity index (χ3n) is 4.44. The first-order valence-electron chi connectivity index (χ1n) is 7.94. The number of hydrogen-bond acceptors (Lipinski definition) is 4. The highest BCUT2D eigenvalue weighted by Crippen LogP contribution is 2.47. The van der Waals surface area contributed by atoms with Gasteiger partial charge in [-0.3, -0.25) is 9.59 Å². The third kappa shape index (κ3) is 2.80. The monoisotopic (exact) mass is 324 g/mol. The molecule has 1 aliphatic rings. The summed E-state index contributed by atoms with van der Waals surface area (Å²) in [4.78, 5) is 24.2. The highest BCUT2D eigenvalue weighted by molar-refractivity contribution is 5.90. The fourth-order valence-corrected chi connectivity index (χ4v) is 3.37. The van der Waals surface area contributed by atoms with Crippen molar-refractivity contribution in [1.82, 2.24) is 0 Å². The van der Waals surface area contributed by atoms with Gasteiger partial charge in [-0.25, -0.2) is 0 Å². The number of carbonyl (C=O) groups excluding carboxylic acids is 2. The third-order valence-corrected chi connectivity index (χ3v) is 4.44. The van der Waals surface area contributed by atoms with Gasteiger partial charge in [-0.2, -0.15) is 0 Å². The Labute approximate surface area is 141 Å². The molecule has 1 atom stereocenters. The number of carbonyl (C=O) groups is 2. The molecular weight excluding hydrogens is 304 g/mol. The normalized spacial score (nSPS) is 22.0. The second-order valence-corrected chi connectivity index (χ2v) is 6.43. The Balaban J connectivity index is 2.07. The van der Waals surface area contributed by atoms with E-state index in [-0.39, 0.29) is 18.5 Å². The predicted molar refractivity (Wildman–Crippen MR) is 89.4 cm³/mol. The van der Waals surface area contributed by atoms with E-state index in [1.807, 2.05) is 67.6 Å². The van der Waals surface area contributed by atoms with Crippen LogP contribution in [0.15, 0.2) is 60.7 Å². The lowest BCUT2D eigenvalue weighted by molar-refractivity contribution is -0.160. The van der Waals surface area contributed by atoms with Crippen LogP contribution < -0.4 is 0 Å². The molecule has 1 unspecified atom stereocenters. The van der Waals surface area contributed by atoms with Crippen molar-refractivity contribution < 1.29 is 19.1 Å². The summed E-state index contributed by atoms with van der Waals surface area (Å²) in [7, 11) is 0. The minimum absolute atomic E-state index is 0.0511. The first kappa shape index (κ1) is 16.2. The van der Waals surface area contributed by atoms with Crippen molar-refractivity contribution in [3.63, 3.8) is 0 Å². The van der Waals surface area contributed by atoms with E-state index in [9.17, 15) is 9.59 Å². The average Bonchev–Trinajstić information content (AvgIpc) is 2.87. The van der Waals surface area contributed by atoms with E-state index >= 15 is 0 Å². The van der Waals surface area contributed by atoms with Gasteiger partial charge in [-0.05, 0) is 18.1 Å². The smallest absolute Gasteiger partial charge is 0.321 e. The SMILES string of the molecule is CC(=O)OCC1(C)CC(c2ccccc2)(c2ccccc2)C(=O)O1. The van der Waals surface area contributed by atoms with E-state index in [1.54, 1.807) is 0 Å². The molecule has 0 radical (unpaired) electrons. The summed E-state index contributed by atoms with van der Waals surface area (Å²) < 4.78 is 10.8. The molecule has 24 heavy (non-hydrogen) atoms. The summed E-state index contributed by atoms with van der Waals surface area (Å²) in [6.45, 7) is 3.21. The molecule has 2 aromatic carbocycles. The Hall–Kier alpha value is -2.62. The molecule has 1 fully saturated rings. The van der Waals surface area contributed by atoms with Crippen LogP contribution in [0.2, 0.25) is 0 Å². The lowest BCUT2D eigenvalue weighted by atomic mass is 9.70. The van der Waals surface area contributed by atoms with Crippen molar-refractivity contribution in [2.45, 2.75) is 31.3 Å². The summed E-state index contributed by atoms with van der Waals surface area (Å²) in [6.07, 6.45) is 0.417. The van der Waals surface area contributed by atoms with Crippen LogP contribution in [0.4, 0.5) is 0 Å². The van der Waals surface area contributed by atoms with Crippen molar-refractivity contribution in [2.75, 3.05) is 6.61 Å². The number of cyclic esters (lactones) is 1. The Bertz CT molecular complexity index is 699. The maximum absolute atomic E-state index is 13.0. The molecule has 4 heteroatoms. The zero-order chi connectivity index (χ0) is 17.2. The topological polar surface area (TPSA) is 52.6 Å². The Kier molecular flexibility index (Phi) is 4.14. The van der Waals surface area contributed by atoms with Crippen molar-refractivity contribution >= 4 is 11.9 Å². The van der Waals surface area contributed by atoms with Crippen LogP contribution in [0.3, 0.4) is 0 Å². The van der Waals surface area contributed by atoms with Gasteiger partial charge in [-0.1, -0.05) is 60.7 Å². The van der Waals surface area contributed by atoms with Crippen LogP contribution in [-0.2, 0) is 24.5 Å². The molecule has 1 saturated heterocycles. The number of esters is 2. The van der Waals surface area contributed by atoms with Gasteiger partial charge in [0.2, 0.25) is 0 Å². The molecule has 3 rings (SSSR count). The maximum Gasteiger partial charge on any atom is 0.321 e. The molecule has 4 nitrogen and oxygen atoms in total. The van der Waals surface area contributed by atoms with Gasteiger partial charge in [0.1, 0.15) is 17.6 Å². The van der Waals surface area contributed by atoms with Crippen molar-refractivity contribution in [1.29, 1.82) is 0 Å². The minimum Gasteiger partial charge on any atom is -0.462 e. The molecule has 1 aliphatic heterocycles. The molecule has 0 amide bonds. The van der Waals surface area contributed by atoms with Gasteiger partial charge in [0.15, 0.2) is 0 Å². The first-order chi connectivity index (χ1) is 11.5. The van der Waals surface area contributed by atoms with Crippen LogP contribution in [0.5, 0.6) is 0 Å². The van der Waals surface area contributed by atoms with Gasteiger partial charge < -0.3 is 9.47 Å². The first-order valence-corrected chi connectivity index (χ1v) is 7.94. The molecule has 0 aromatic heterocycles. The highest BCUT2D eigenvalue weighted by atomic mass is 16.6. The van der Waals surface area contributed by atoms with Gasteiger partial charge in [0, 0.05) is 13.3 Å². The Morgan fingerprint density at radius 3 is 2.00 bits per heavy atom. The van der Waals surface area contributed by atoms with Crippen LogP contribution in [-0.4, -0.2) is 24.1 Å². The number of rotatable bonds is 4. The lowest BCUT2D eigenvalue weighted by Gasteiger charge is -2.27. The molecule has 2 aromatic rings. The molecule has 0 bridgehead atoms. The van der Waals surface area contributed by atoms with Crippen molar-refractivity contribution in [3.8, 4) is 0 Å². The number of ether oxygens (including phenoxy) is 2. The predicted octanol–water partition coefficient (Wildman–Crippen LogP) is 3.24. The summed E-state index contributed by atoms with van der Waals surface area (Å²) in [5.41, 5.74) is 0.0202. The zero-order valence-electron chi connectivity index (χ0n) is 13.8. The fourth-order valence-electron chi connectivity index (χ4n) is 3.37. The van der Waals surface area contributed by atoms with Gasteiger partial charge in [0.05, 0.1) is 0 Å². The maximum atomic E-state index is 13.0. The average molecular weight is 324 g/mol. The fraction of sp³-hybridized carbons (Fsp3) is 0.300. The molecule has 124 valence electrons. The van der Waals surface area contributed by atoms with E-state index in [0.717, 1.165) is 11.1 Å². The summed E-state index contributed by atoms with van der Waals surface area (Å²) in [5.74, 6) is -0.696.